The lowest BCUT2D eigenvalue weighted by atomic mass is 9.84. The van der Waals surface area contributed by atoms with Crippen LogP contribution in [0.25, 0.3) is 0 Å². The summed E-state index contributed by atoms with van der Waals surface area (Å²) in [5.74, 6) is 0.975. The Morgan fingerprint density at radius 1 is 1.26 bits per heavy atom. The fraction of sp³-hybridized carbons (Fsp3) is 0.647. The van der Waals surface area contributed by atoms with Crippen molar-refractivity contribution < 1.29 is 4.74 Å². The van der Waals surface area contributed by atoms with Gasteiger partial charge in [0.05, 0.1) is 7.11 Å². The summed E-state index contributed by atoms with van der Waals surface area (Å²) in [6.07, 6.45) is 3.53. The molecule has 1 aliphatic rings. The molecule has 0 saturated heterocycles. The van der Waals surface area contributed by atoms with Crippen LogP contribution >= 0.6 is 0 Å². The Morgan fingerprint density at radius 2 is 2.00 bits per heavy atom. The second-order valence-corrected chi connectivity index (χ2v) is 6.83. The standard InChI is InChI=1S/C17H27NO/c1-12(17(2,3)4)18-15-8-6-13-7-9-16(19-5)11-14(13)10-15/h7,9,11-12,15,18H,6,8,10H2,1-5H3. The van der Waals surface area contributed by atoms with Crippen LogP contribution in [0.15, 0.2) is 18.2 Å². The van der Waals surface area contributed by atoms with E-state index in [0.29, 0.717) is 17.5 Å². The maximum Gasteiger partial charge on any atom is 0.119 e. The van der Waals surface area contributed by atoms with Gasteiger partial charge in [-0.05, 0) is 54.9 Å². The maximum atomic E-state index is 5.33. The number of nitrogens with one attached hydrogen (secondary N) is 1. The molecule has 0 radical (unpaired) electrons. The molecule has 106 valence electrons. The van der Waals surface area contributed by atoms with Gasteiger partial charge < -0.3 is 10.1 Å². The number of rotatable bonds is 3. The second-order valence-electron chi connectivity index (χ2n) is 6.83. The van der Waals surface area contributed by atoms with Crippen LogP contribution in [0.4, 0.5) is 0 Å². The monoisotopic (exact) mass is 261 g/mol. The predicted octanol–water partition coefficient (Wildman–Crippen LogP) is 3.58. The Labute approximate surface area is 117 Å². The van der Waals surface area contributed by atoms with Gasteiger partial charge >= 0.3 is 0 Å². The highest BCUT2D eigenvalue weighted by Crippen LogP contribution is 2.27. The molecular weight excluding hydrogens is 234 g/mol. The Morgan fingerprint density at radius 3 is 2.63 bits per heavy atom. The normalized spacial score (nSPS) is 20.8. The van der Waals surface area contributed by atoms with E-state index >= 15 is 0 Å². The lowest BCUT2D eigenvalue weighted by molar-refractivity contribution is 0.253. The minimum Gasteiger partial charge on any atom is -0.497 e. The zero-order valence-electron chi connectivity index (χ0n) is 12.9. The van der Waals surface area contributed by atoms with Gasteiger partial charge in [-0.1, -0.05) is 26.8 Å². The number of hydrogen-bond donors (Lipinski definition) is 1. The van der Waals surface area contributed by atoms with E-state index in [2.05, 4.69) is 51.2 Å². The Hall–Kier alpha value is -1.02. The van der Waals surface area contributed by atoms with Crippen LogP contribution in [0.1, 0.15) is 45.2 Å². The van der Waals surface area contributed by atoms with E-state index in [4.69, 9.17) is 4.74 Å². The van der Waals surface area contributed by atoms with Crippen molar-refractivity contribution in [3.05, 3.63) is 29.3 Å². The van der Waals surface area contributed by atoms with Crippen LogP contribution in [-0.2, 0) is 12.8 Å². The summed E-state index contributed by atoms with van der Waals surface area (Å²) in [6.45, 7) is 9.18. The van der Waals surface area contributed by atoms with Gasteiger partial charge in [-0.25, -0.2) is 0 Å². The molecular formula is C17H27NO. The van der Waals surface area contributed by atoms with E-state index in [1.165, 1.54) is 24.0 Å². The smallest absolute Gasteiger partial charge is 0.119 e. The van der Waals surface area contributed by atoms with E-state index < -0.39 is 0 Å². The highest BCUT2D eigenvalue weighted by molar-refractivity contribution is 5.37. The van der Waals surface area contributed by atoms with Crippen LogP contribution < -0.4 is 10.1 Å². The van der Waals surface area contributed by atoms with E-state index in [0.717, 1.165) is 12.2 Å². The molecule has 0 spiro atoms. The summed E-state index contributed by atoms with van der Waals surface area (Å²) in [4.78, 5) is 0. The largest absolute Gasteiger partial charge is 0.497 e. The number of fused-ring (bicyclic) bond motifs is 1. The van der Waals surface area contributed by atoms with Crippen molar-refractivity contribution in [3.8, 4) is 5.75 Å². The quantitative estimate of drug-likeness (QED) is 0.898. The van der Waals surface area contributed by atoms with Crippen LogP contribution in [0, 0.1) is 5.41 Å². The van der Waals surface area contributed by atoms with Crippen molar-refractivity contribution in [3.63, 3.8) is 0 Å². The molecule has 0 amide bonds. The summed E-state index contributed by atoms with van der Waals surface area (Å²) in [5.41, 5.74) is 3.25. The number of benzene rings is 1. The first-order valence-corrected chi connectivity index (χ1v) is 7.32. The minimum atomic E-state index is 0.314. The predicted molar refractivity (Wildman–Crippen MR) is 80.9 cm³/mol. The third kappa shape index (κ3) is 3.50. The molecule has 1 N–H and O–H groups in total. The lowest BCUT2D eigenvalue weighted by Crippen LogP contribution is -2.46. The average Bonchev–Trinajstić information content (AvgIpc) is 2.36. The lowest BCUT2D eigenvalue weighted by Gasteiger charge is -2.34. The molecule has 2 unspecified atom stereocenters. The Balaban J connectivity index is 2.05. The van der Waals surface area contributed by atoms with Gasteiger partial charge in [0.25, 0.3) is 0 Å². The maximum absolute atomic E-state index is 5.33. The van der Waals surface area contributed by atoms with Gasteiger partial charge in [-0.15, -0.1) is 0 Å². The molecule has 0 aliphatic heterocycles. The molecule has 1 aromatic carbocycles. The van der Waals surface area contributed by atoms with E-state index in [9.17, 15) is 0 Å². The molecule has 19 heavy (non-hydrogen) atoms. The third-order valence-electron chi connectivity index (χ3n) is 4.43. The highest BCUT2D eigenvalue weighted by atomic mass is 16.5. The van der Waals surface area contributed by atoms with Gasteiger partial charge in [-0.2, -0.15) is 0 Å². The summed E-state index contributed by atoms with van der Waals surface area (Å²) in [5, 5.41) is 3.80. The second kappa shape index (κ2) is 5.54. The van der Waals surface area contributed by atoms with Crippen LogP contribution in [0.5, 0.6) is 5.75 Å². The van der Waals surface area contributed by atoms with Crippen molar-refractivity contribution in [1.82, 2.24) is 5.32 Å². The van der Waals surface area contributed by atoms with Crippen LogP contribution in [0.3, 0.4) is 0 Å². The fourth-order valence-corrected chi connectivity index (χ4v) is 2.61. The first kappa shape index (κ1) is 14.4. The molecule has 2 heteroatoms. The minimum absolute atomic E-state index is 0.314. The molecule has 1 aliphatic carbocycles. The summed E-state index contributed by atoms with van der Waals surface area (Å²) in [6, 6.07) is 7.62. The SMILES string of the molecule is COc1ccc2c(c1)CC(NC(C)C(C)(C)C)CC2. The van der Waals surface area contributed by atoms with Crippen molar-refractivity contribution in [2.24, 2.45) is 5.41 Å². The number of aryl methyl sites for hydroxylation is 1. The van der Waals surface area contributed by atoms with Gasteiger partial charge in [0.1, 0.15) is 5.75 Å². The Bertz CT molecular complexity index is 433. The number of methoxy groups -OCH3 is 1. The molecule has 0 heterocycles. The van der Waals surface area contributed by atoms with Gasteiger partial charge in [-0.3, -0.25) is 0 Å². The van der Waals surface area contributed by atoms with Crippen molar-refractivity contribution in [2.75, 3.05) is 7.11 Å². The zero-order valence-corrected chi connectivity index (χ0v) is 12.9. The van der Waals surface area contributed by atoms with Gasteiger partial charge in [0.15, 0.2) is 0 Å². The molecule has 2 rings (SSSR count). The number of hydrogen-bond acceptors (Lipinski definition) is 2. The average molecular weight is 261 g/mol. The van der Waals surface area contributed by atoms with E-state index in [-0.39, 0.29) is 0 Å². The first-order valence-electron chi connectivity index (χ1n) is 7.32. The molecule has 0 fully saturated rings. The molecule has 2 atom stereocenters. The van der Waals surface area contributed by atoms with Gasteiger partial charge in [0.2, 0.25) is 0 Å². The van der Waals surface area contributed by atoms with Crippen LogP contribution in [-0.4, -0.2) is 19.2 Å². The first-order chi connectivity index (χ1) is 8.90. The Kier molecular flexibility index (Phi) is 4.19. The number of ether oxygens (including phenoxy) is 1. The van der Waals surface area contributed by atoms with E-state index in [1.54, 1.807) is 7.11 Å². The molecule has 0 bridgehead atoms. The zero-order chi connectivity index (χ0) is 14.0. The topological polar surface area (TPSA) is 21.3 Å². The summed E-state index contributed by atoms with van der Waals surface area (Å²) in [7, 11) is 1.74. The molecule has 0 aromatic heterocycles. The molecule has 1 aromatic rings. The van der Waals surface area contributed by atoms with E-state index in [1.807, 2.05) is 0 Å². The van der Waals surface area contributed by atoms with Gasteiger partial charge in [0, 0.05) is 12.1 Å². The summed E-state index contributed by atoms with van der Waals surface area (Å²) >= 11 is 0. The third-order valence-corrected chi connectivity index (χ3v) is 4.43. The van der Waals surface area contributed by atoms with Crippen molar-refractivity contribution in [2.45, 2.75) is 59.0 Å². The van der Waals surface area contributed by atoms with Crippen molar-refractivity contribution in [1.29, 1.82) is 0 Å². The van der Waals surface area contributed by atoms with Crippen molar-refractivity contribution >= 4 is 0 Å². The molecule has 0 saturated carbocycles. The van der Waals surface area contributed by atoms with Crippen LogP contribution in [0.2, 0.25) is 0 Å². The summed E-state index contributed by atoms with van der Waals surface area (Å²) < 4.78 is 5.33. The molecule has 2 nitrogen and oxygen atoms in total. The highest BCUT2D eigenvalue weighted by Gasteiger charge is 2.25. The fourth-order valence-electron chi connectivity index (χ4n) is 2.61.